The van der Waals surface area contributed by atoms with E-state index in [9.17, 15) is 4.79 Å². The fourth-order valence-electron chi connectivity index (χ4n) is 1.05. The minimum atomic E-state index is -1.12. The van der Waals surface area contributed by atoms with Gasteiger partial charge in [-0.1, -0.05) is 11.6 Å². The first-order chi connectivity index (χ1) is 7.18. The van der Waals surface area contributed by atoms with Crippen LogP contribution in [0.25, 0.3) is 10.6 Å². The number of hydrogen-bond acceptors (Lipinski definition) is 4. The molecule has 0 saturated carbocycles. The second-order valence-electron chi connectivity index (χ2n) is 2.69. The van der Waals surface area contributed by atoms with Crippen molar-refractivity contribution in [3.63, 3.8) is 0 Å². The van der Waals surface area contributed by atoms with Crippen molar-refractivity contribution < 1.29 is 9.90 Å². The van der Waals surface area contributed by atoms with Crippen molar-refractivity contribution >= 4 is 28.9 Å². The maximum atomic E-state index is 10.7. The number of rotatable bonds is 2. The van der Waals surface area contributed by atoms with Crippen LogP contribution in [-0.4, -0.2) is 21.0 Å². The quantitative estimate of drug-likeness (QED) is 0.876. The van der Waals surface area contributed by atoms with Crippen molar-refractivity contribution in [1.82, 2.24) is 9.97 Å². The van der Waals surface area contributed by atoms with Crippen molar-refractivity contribution in [2.75, 3.05) is 0 Å². The highest BCUT2D eigenvalue weighted by molar-refractivity contribution is 7.19. The number of carbonyl (C=O) groups is 1. The van der Waals surface area contributed by atoms with E-state index >= 15 is 0 Å². The highest BCUT2D eigenvalue weighted by atomic mass is 35.5. The molecule has 0 aliphatic heterocycles. The van der Waals surface area contributed by atoms with E-state index in [2.05, 4.69) is 9.97 Å². The van der Waals surface area contributed by atoms with Gasteiger partial charge >= 0.3 is 5.97 Å². The molecule has 0 unspecified atom stereocenters. The second kappa shape index (κ2) is 3.96. The zero-order chi connectivity index (χ0) is 10.8. The van der Waals surface area contributed by atoms with Gasteiger partial charge in [0.1, 0.15) is 9.34 Å². The predicted octanol–water partition coefficient (Wildman–Crippen LogP) is 2.56. The molecule has 2 aromatic heterocycles. The van der Waals surface area contributed by atoms with Crippen LogP contribution in [-0.2, 0) is 0 Å². The third-order valence-corrected chi connectivity index (χ3v) is 3.00. The molecule has 4 nitrogen and oxygen atoms in total. The van der Waals surface area contributed by atoms with Crippen molar-refractivity contribution in [3.8, 4) is 10.6 Å². The maximum absolute atomic E-state index is 10.7. The van der Waals surface area contributed by atoms with Gasteiger partial charge in [-0.2, -0.15) is 0 Å². The molecule has 0 amide bonds. The molecular weight excluding hydrogens is 236 g/mol. The summed E-state index contributed by atoms with van der Waals surface area (Å²) < 4.78 is 0.182. The lowest BCUT2D eigenvalue weighted by molar-refractivity contribution is 0.0691. The zero-order valence-electron chi connectivity index (χ0n) is 7.35. The Morgan fingerprint density at radius 1 is 1.53 bits per heavy atom. The van der Waals surface area contributed by atoms with Crippen molar-refractivity contribution in [2.24, 2.45) is 0 Å². The van der Waals surface area contributed by atoms with Crippen molar-refractivity contribution in [2.45, 2.75) is 0 Å². The van der Waals surface area contributed by atoms with Gasteiger partial charge < -0.3 is 5.11 Å². The minimum Gasteiger partial charge on any atom is -0.476 e. The number of aromatic nitrogens is 2. The van der Waals surface area contributed by atoms with E-state index in [0.29, 0.717) is 5.01 Å². The maximum Gasteiger partial charge on any atom is 0.356 e. The average Bonchev–Trinajstić information content (AvgIpc) is 2.62. The SMILES string of the molecule is O=C(O)c1nc(-c2cccnc2)sc1Cl. The Bertz CT molecular complexity index is 498. The van der Waals surface area contributed by atoms with Crippen LogP contribution in [0.4, 0.5) is 0 Å². The van der Waals surface area contributed by atoms with Crippen LogP contribution < -0.4 is 0 Å². The summed E-state index contributed by atoms with van der Waals surface area (Å²) in [4.78, 5) is 18.6. The number of nitrogens with zero attached hydrogens (tertiary/aromatic N) is 2. The van der Waals surface area contributed by atoms with Crippen LogP contribution in [0.5, 0.6) is 0 Å². The van der Waals surface area contributed by atoms with Crippen LogP contribution >= 0.6 is 22.9 Å². The minimum absolute atomic E-state index is 0.111. The standard InChI is InChI=1S/C9H5ClN2O2S/c10-7-6(9(13)14)12-8(15-7)5-2-1-3-11-4-5/h1-4H,(H,13,14). The molecule has 0 saturated heterocycles. The van der Waals surface area contributed by atoms with Crippen LogP contribution in [0.3, 0.4) is 0 Å². The van der Waals surface area contributed by atoms with E-state index in [1.807, 2.05) is 0 Å². The summed E-state index contributed by atoms with van der Waals surface area (Å²) in [6.45, 7) is 0. The Morgan fingerprint density at radius 2 is 2.33 bits per heavy atom. The molecule has 0 aromatic carbocycles. The first kappa shape index (κ1) is 10.1. The lowest BCUT2D eigenvalue weighted by atomic mass is 10.3. The van der Waals surface area contributed by atoms with Gasteiger partial charge in [-0.25, -0.2) is 9.78 Å². The van der Waals surface area contributed by atoms with E-state index in [-0.39, 0.29) is 10.0 Å². The highest BCUT2D eigenvalue weighted by Crippen LogP contribution is 2.31. The number of thiazole rings is 1. The number of aromatic carboxylic acids is 1. The molecular formula is C9H5ClN2O2S. The second-order valence-corrected chi connectivity index (χ2v) is 4.29. The Hall–Kier alpha value is -1.46. The molecule has 0 radical (unpaired) electrons. The van der Waals surface area contributed by atoms with Gasteiger partial charge in [0.2, 0.25) is 0 Å². The van der Waals surface area contributed by atoms with Crippen molar-refractivity contribution in [1.29, 1.82) is 0 Å². The van der Waals surface area contributed by atoms with E-state index < -0.39 is 5.97 Å². The Kier molecular flexibility index (Phi) is 2.66. The zero-order valence-corrected chi connectivity index (χ0v) is 8.92. The summed E-state index contributed by atoms with van der Waals surface area (Å²) in [6, 6.07) is 3.55. The monoisotopic (exact) mass is 240 g/mol. The normalized spacial score (nSPS) is 10.2. The number of carboxylic acids is 1. The lowest BCUT2D eigenvalue weighted by Crippen LogP contribution is -1.96. The van der Waals surface area contributed by atoms with Crippen LogP contribution in [0.2, 0.25) is 4.34 Å². The van der Waals surface area contributed by atoms with Gasteiger partial charge in [0.25, 0.3) is 0 Å². The molecule has 2 rings (SSSR count). The number of carboxylic acid groups (broad SMARTS) is 1. The number of halogens is 1. The van der Waals surface area contributed by atoms with Gasteiger partial charge in [0, 0.05) is 18.0 Å². The Balaban J connectivity index is 2.48. The Morgan fingerprint density at radius 3 is 2.87 bits per heavy atom. The van der Waals surface area contributed by atoms with E-state index in [1.165, 1.54) is 0 Å². The summed E-state index contributed by atoms with van der Waals surface area (Å²) in [5, 5.41) is 9.33. The fourth-order valence-corrected chi connectivity index (χ4v) is 2.16. The van der Waals surface area contributed by atoms with Crippen molar-refractivity contribution in [3.05, 3.63) is 34.6 Å². The largest absolute Gasteiger partial charge is 0.476 e. The molecule has 0 fully saturated rings. The van der Waals surface area contributed by atoms with E-state index in [4.69, 9.17) is 16.7 Å². The topological polar surface area (TPSA) is 63.1 Å². The summed E-state index contributed by atoms with van der Waals surface area (Å²) in [5.74, 6) is -1.12. The molecule has 0 aliphatic rings. The summed E-state index contributed by atoms with van der Waals surface area (Å²) in [5.41, 5.74) is 0.650. The number of hydrogen-bond donors (Lipinski definition) is 1. The summed E-state index contributed by atoms with van der Waals surface area (Å²) >= 11 is 6.87. The molecule has 76 valence electrons. The molecule has 0 aliphatic carbocycles. The van der Waals surface area contributed by atoms with Gasteiger partial charge in [-0.15, -0.1) is 11.3 Å². The third kappa shape index (κ3) is 1.98. The summed E-state index contributed by atoms with van der Waals surface area (Å²) in [7, 11) is 0. The number of pyridine rings is 1. The van der Waals surface area contributed by atoms with Gasteiger partial charge in [0.05, 0.1) is 0 Å². The molecule has 1 N–H and O–H groups in total. The lowest BCUT2D eigenvalue weighted by Gasteiger charge is -1.91. The van der Waals surface area contributed by atoms with E-state index in [0.717, 1.165) is 16.9 Å². The molecule has 2 heterocycles. The van der Waals surface area contributed by atoms with Crippen LogP contribution in [0.1, 0.15) is 10.5 Å². The highest BCUT2D eigenvalue weighted by Gasteiger charge is 2.16. The molecule has 2 aromatic rings. The van der Waals surface area contributed by atoms with Gasteiger partial charge in [-0.3, -0.25) is 4.98 Å². The van der Waals surface area contributed by atoms with Crippen LogP contribution in [0, 0.1) is 0 Å². The molecule has 0 bridgehead atoms. The fraction of sp³-hybridized carbons (Fsp3) is 0. The average molecular weight is 241 g/mol. The Labute approximate surface area is 94.2 Å². The third-order valence-electron chi connectivity index (χ3n) is 1.70. The molecule has 0 spiro atoms. The molecule has 0 atom stereocenters. The molecule has 15 heavy (non-hydrogen) atoms. The van der Waals surface area contributed by atoms with E-state index in [1.54, 1.807) is 24.5 Å². The van der Waals surface area contributed by atoms with Gasteiger partial charge in [-0.05, 0) is 12.1 Å². The molecule has 6 heteroatoms. The smallest absolute Gasteiger partial charge is 0.356 e. The first-order valence-electron chi connectivity index (χ1n) is 3.98. The van der Waals surface area contributed by atoms with Crippen LogP contribution in [0.15, 0.2) is 24.5 Å². The first-order valence-corrected chi connectivity index (χ1v) is 5.18. The van der Waals surface area contributed by atoms with Gasteiger partial charge in [0.15, 0.2) is 5.69 Å². The predicted molar refractivity (Wildman–Crippen MR) is 57.3 cm³/mol. The summed E-state index contributed by atoms with van der Waals surface area (Å²) in [6.07, 6.45) is 3.25.